The van der Waals surface area contributed by atoms with E-state index in [2.05, 4.69) is 181 Å². The molecule has 0 radical (unpaired) electrons. The van der Waals surface area contributed by atoms with Crippen molar-refractivity contribution in [1.82, 2.24) is 0 Å². The predicted molar refractivity (Wildman–Crippen MR) is 247 cm³/mol. The molecule has 0 aromatic heterocycles. The SMILES string of the molecule is CC(C)(C)[C]1=Cc2ccccc2[CH2][Sn]1([Br])[c]1c(C([Si](C)(C)C)[Si](C)(C)C)cc(C([Si](C)(C)C)[Si](C)(C)C)cc1C([Si](C)(C)C)[Si](C)(C)C. The monoisotopic (exact) mass is 922 g/mol. The van der Waals surface area contributed by atoms with Gasteiger partial charge in [-0.3, -0.25) is 0 Å². The van der Waals surface area contributed by atoms with Crippen LogP contribution in [0.5, 0.6) is 0 Å². The first kappa shape index (κ1) is 43.2. The molecular formula is C40H75BrSi6Sn. The summed E-state index contributed by atoms with van der Waals surface area (Å²) in [5.74, 6) is 0. The number of benzene rings is 2. The van der Waals surface area contributed by atoms with Crippen LogP contribution in [0.3, 0.4) is 0 Å². The zero-order chi connectivity index (χ0) is 37.4. The van der Waals surface area contributed by atoms with Crippen LogP contribution in [0.15, 0.2) is 40.0 Å². The van der Waals surface area contributed by atoms with E-state index in [1.807, 2.05) is 14.7 Å². The van der Waals surface area contributed by atoms with E-state index < -0.39 is 64.6 Å². The van der Waals surface area contributed by atoms with Crippen LogP contribution in [0.25, 0.3) is 6.08 Å². The number of fused-ring (bicyclic) bond motifs is 1. The van der Waals surface area contributed by atoms with E-state index in [-0.39, 0.29) is 5.41 Å². The third-order valence-corrected chi connectivity index (χ3v) is 57.5. The summed E-state index contributed by atoms with van der Waals surface area (Å²) in [4.78, 5) is 0. The molecule has 270 valence electrons. The Balaban J connectivity index is 2.83. The Morgan fingerprint density at radius 3 is 1.25 bits per heavy atom. The van der Waals surface area contributed by atoms with Crippen molar-refractivity contribution in [2.75, 3.05) is 0 Å². The first-order valence-electron chi connectivity index (χ1n) is 18.8. The molecular weight excluding hydrogens is 848 g/mol. The van der Waals surface area contributed by atoms with Crippen molar-refractivity contribution in [1.29, 1.82) is 0 Å². The molecule has 1 aliphatic rings. The molecule has 2 aromatic carbocycles. The molecule has 0 bridgehead atoms. The van der Waals surface area contributed by atoms with Crippen molar-refractivity contribution in [3.8, 4) is 0 Å². The minimum atomic E-state index is -3.54. The fraction of sp³-hybridized carbons (Fsp3) is 0.650. The Hall–Kier alpha value is 0.760. The maximum absolute atomic E-state index is 5.04. The molecule has 1 unspecified atom stereocenters. The molecule has 0 amide bonds. The van der Waals surface area contributed by atoms with Gasteiger partial charge in [0.05, 0.1) is 0 Å². The van der Waals surface area contributed by atoms with Gasteiger partial charge in [-0.25, -0.2) is 0 Å². The molecule has 8 heteroatoms. The Bertz CT molecular complexity index is 1420. The van der Waals surface area contributed by atoms with Gasteiger partial charge < -0.3 is 0 Å². The summed E-state index contributed by atoms with van der Waals surface area (Å²) < 4.78 is 4.92. The van der Waals surface area contributed by atoms with Gasteiger partial charge in [0, 0.05) is 0 Å². The van der Waals surface area contributed by atoms with Crippen molar-refractivity contribution in [2.24, 2.45) is 5.41 Å². The average molecular weight is 923 g/mol. The molecule has 0 saturated heterocycles. The maximum atomic E-state index is 5.04. The molecule has 0 nitrogen and oxygen atoms in total. The van der Waals surface area contributed by atoms with Gasteiger partial charge in [-0.1, -0.05) is 0 Å². The van der Waals surface area contributed by atoms with E-state index in [4.69, 9.17) is 12.7 Å². The second-order valence-corrected chi connectivity index (χ2v) is 74.3. The van der Waals surface area contributed by atoms with Gasteiger partial charge >= 0.3 is 319 Å². The van der Waals surface area contributed by atoms with Gasteiger partial charge in [0.1, 0.15) is 0 Å². The van der Waals surface area contributed by atoms with Crippen LogP contribution in [0.4, 0.5) is 0 Å². The number of halogens is 1. The fourth-order valence-corrected chi connectivity index (χ4v) is 73.3. The third-order valence-electron chi connectivity index (χ3n) is 10.8. The summed E-state index contributed by atoms with van der Waals surface area (Å²) in [5, 5.41) is 2.18. The van der Waals surface area contributed by atoms with Crippen LogP contribution >= 0.6 is 12.7 Å². The van der Waals surface area contributed by atoms with Gasteiger partial charge in [-0.15, -0.1) is 0 Å². The van der Waals surface area contributed by atoms with E-state index in [9.17, 15) is 0 Å². The minimum absolute atomic E-state index is 0.112. The normalized spacial score (nSPS) is 18.9. The Labute approximate surface area is 315 Å². The van der Waals surface area contributed by atoms with E-state index in [0.717, 1.165) is 15.5 Å². The summed E-state index contributed by atoms with van der Waals surface area (Å²) in [5.41, 5.74) is 8.62. The molecule has 0 spiro atoms. The van der Waals surface area contributed by atoms with Crippen molar-refractivity contribution < 1.29 is 0 Å². The predicted octanol–water partition coefficient (Wildman–Crippen LogP) is 13.5. The summed E-state index contributed by atoms with van der Waals surface area (Å²) in [7, 11) is -9.57. The fourth-order valence-electron chi connectivity index (χ4n) is 11.1. The Morgan fingerprint density at radius 2 is 0.917 bits per heavy atom. The van der Waals surface area contributed by atoms with Crippen molar-refractivity contribution in [3.05, 3.63) is 67.8 Å². The molecule has 1 atom stereocenters. The molecule has 48 heavy (non-hydrogen) atoms. The number of hydrogen-bond acceptors (Lipinski definition) is 0. The van der Waals surface area contributed by atoms with Crippen molar-refractivity contribution in [3.63, 3.8) is 0 Å². The molecule has 3 rings (SSSR count). The first-order chi connectivity index (χ1) is 21.1. The van der Waals surface area contributed by atoms with E-state index in [1.54, 1.807) is 14.7 Å². The van der Waals surface area contributed by atoms with Gasteiger partial charge in [-0.2, -0.15) is 0 Å². The van der Waals surface area contributed by atoms with E-state index >= 15 is 0 Å². The van der Waals surface area contributed by atoms with Gasteiger partial charge in [0.2, 0.25) is 0 Å². The zero-order valence-electron chi connectivity index (χ0n) is 35.4. The van der Waals surface area contributed by atoms with Crippen LogP contribution in [-0.2, 0) is 4.44 Å². The van der Waals surface area contributed by atoms with Gasteiger partial charge in [0.25, 0.3) is 0 Å². The van der Waals surface area contributed by atoms with Crippen molar-refractivity contribution in [2.45, 2.75) is 159 Å². The molecule has 0 fully saturated rings. The van der Waals surface area contributed by atoms with E-state index in [1.165, 1.54) is 10.0 Å². The van der Waals surface area contributed by atoms with Gasteiger partial charge in [-0.05, 0) is 0 Å². The van der Waals surface area contributed by atoms with Crippen LogP contribution in [0.2, 0.25) is 118 Å². The molecule has 1 heterocycles. The zero-order valence-corrected chi connectivity index (χ0v) is 45.8. The molecule has 0 saturated carbocycles. The molecule has 0 N–H and O–H groups in total. The average Bonchev–Trinajstić information content (AvgIpc) is 2.77. The summed E-state index contributed by atoms with van der Waals surface area (Å²) >= 11 is 1.50. The summed E-state index contributed by atoms with van der Waals surface area (Å²) in [6.07, 6.45) is 2.69. The number of rotatable bonds is 10. The summed E-state index contributed by atoms with van der Waals surface area (Å²) in [6.45, 7) is 56.1. The topological polar surface area (TPSA) is 0 Å². The third kappa shape index (κ3) is 9.27. The Morgan fingerprint density at radius 1 is 0.562 bits per heavy atom. The standard InChI is InChI=1S/C27H59Si6.C13H16.BrH.Sn/c1-28(2,3)25(29(4,5)6)22-19-23(26(30(7,8)9)31(10,11)12)21-24(20-22)27(32(13,14)15)33(16,17)18;1-11-7-5-6-8-12(11)9-10-13(2,3)4;;/h19-20,25-27H,1-18H3;5-9H,1H2,2-4H3;1H;/q;;;+1/p-1. The van der Waals surface area contributed by atoms with Crippen LogP contribution < -0.4 is 3.58 Å². The number of allylic oxidation sites excluding steroid dienone is 1. The Kier molecular flexibility index (Phi) is 12.5. The van der Waals surface area contributed by atoms with Crippen LogP contribution in [0, 0.1) is 5.41 Å². The van der Waals surface area contributed by atoms with Crippen LogP contribution in [0.1, 0.15) is 64.1 Å². The first-order valence-corrected chi connectivity index (χ1v) is 51.5. The molecule has 2 aromatic rings. The van der Waals surface area contributed by atoms with Crippen LogP contribution in [-0.4, -0.2) is 64.6 Å². The molecule has 0 aliphatic carbocycles. The van der Waals surface area contributed by atoms with E-state index in [0.29, 0.717) is 0 Å². The summed E-state index contributed by atoms with van der Waals surface area (Å²) in [6, 6.07) is 15.3. The van der Waals surface area contributed by atoms with Crippen molar-refractivity contribution >= 4 is 87.0 Å². The van der Waals surface area contributed by atoms with Gasteiger partial charge in [0.15, 0.2) is 0 Å². The molecule has 1 aliphatic heterocycles. The second kappa shape index (κ2) is 13.9. The number of hydrogen-bond donors (Lipinski definition) is 0. The quantitative estimate of drug-likeness (QED) is 0.208. The second-order valence-electron chi connectivity index (χ2n) is 23.1.